The number of imide groups is 1. The van der Waals surface area contributed by atoms with Crippen molar-refractivity contribution in [3.63, 3.8) is 0 Å². The number of hydrogen-bond acceptors (Lipinski definition) is 6. The van der Waals surface area contributed by atoms with Crippen LogP contribution in [0.2, 0.25) is 0 Å². The molecule has 0 aliphatic carbocycles. The van der Waals surface area contributed by atoms with Crippen LogP contribution < -0.4 is 0 Å². The van der Waals surface area contributed by atoms with Gasteiger partial charge in [0.2, 0.25) is 0 Å². The van der Waals surface area contributed by atoms with E-state index in [1.165, 1.54) is 0 Å². The number of esters is 2. The summed E-state index contributed by atoms with van der Waals surface area (Å²) in [7, 11) is 0. The molecule has 0 aromatic heterocycles. The van der Waals surface area contributed by atoms with Gasteiger partial charge in [0.1, 0.15) is 6.23 Å². The summed E-state index contributed by atoms with van der Waals surface area (Å²) in [6.45, 7) is 1.70. The number of carbonyl (C=O) groups excluding carboxylic acids is 4. The van der Waals surface area contributed by atoms with Crippen LogP contribution in [0.1, 0.15) is 54.8 Å². The Balaban J connectivity index is 1.68. The fourth-order valence-corrected chi connectivity index (χ4v) is 5.58. The van der Waals surface area contributed by atoms with Crippen LogP contribution in [0.5, 0.6) is 0 Å². The SMILES string of the molecule is CCC(O)N1C(=O)c2ccc3c4ccc5c6c(ccc(c7ccc(c2c37)C1=O)c64)C(=O)OC5=O. The number of aliphatic hydroxyl groups is 1. The van der Waals surface area contributed by atoms with Gasteiger partial charge in [-0.25, -0.2) is 14.5 Å². The lowest BCUT2D eigenvalue weighted by molar-refractivity contribution is 0.00832. The van der Waals surface area contributed by atoms with Crippen LogP contribution >= 0.6 is 0 Å². The quantitative estimate of drug-likeness (QED) is 0.141. The lowest BCUT2D eigenvalue weighted by atomic mass is 9.83. The Morgan fingerprint density at radius 3 is 1.44 bits per heavy atom. The van der Waals surface area contributed by atoms with Gasteiger partial charge in [0.25, 0.3) is 11.8 Å². The maximum Gasteiger partial charge on any atom is 0.346 e. The van der Waals surface area contributed by atoms with E-state index in [4.69, 9.17) is 4.74 Å². The standard InChI is InChI=1S/C27H15NO6/c1-2-19(29)28-24(30)15-7-3-11-13-5-9-17-23-18(27(33)34-26(17)32)10-6-14(21(13)23)12-4-8-16(25(28)31)22(15)20(11)12/h3-10,19,29H,2H2,1H3. The first kappa shape index (κ1) is 19.1. The van der Waals surface area contributed by atoms with Gasteiger partial charge in [-0.3, -0.25) is 9.59 Å². The van der Waals surface area contributed by atoms with Crippen molar-refractivity contribution in [1.29, 1.82) is 0 Å². The summed E-state index contributed by atoms with van der Waals surface area (Å²) in [6.07, 6.45) is -0.975. The van der Waals surface area contributed by atoms with Gasteiger partial charge in [-0.15, -0.1) is 0 Å². The molecule has 5 aromatic carbocycles. The molecule has 1 N–H and O–H groups in total. The van der Waals surface area contributed by atoms with Crippen molar-refractivity contribution in [3.8, 4) is 0 Å². The molecule has 2 amide bonds. The molecule has 34 heavy (non-hydrogen) atoms. The molecule has 0 spiro atoms. The van der Waals surface area contributed by atoms with E-state index in [9.17, 15) is 24.3 Å². The number of aliphatic hydroxyl groups excluding tert-OH is 1. The molecule has 1 unspecified atom stereocenters. The predicted molar refractivity (Wildman–Crippen MR) is 124 cm³/mol. The molecule has 7 rings (SSSR count). The topological polar surface area (TPSA) is 101 Å². The largest absolute Gasteiger partial charge is 0.386 e. The Bertz CT molecular complexity index is 1700. The number of benzene rings is 5. The van der Waals surface area contributed by atoms with Crippen LogP contribution in [0.25, 0.3) is 43.1 Å². The molecular weight excluding hydrogens is 434 g/mol. The summed E-state index contributed by atoms with van der Waals surface area (Å²) in [6, 6.07) is 13.9. The van der Waals surface area contributed by atoms with Crippen LogP contribution in [0.3, 0.4) is 0 Å². The second-order valence-electron chi connectivity index (χ2n) is 8.69. The van der Waals surface area contributed by atoms with Crippen molar-refractivity contribution in [2.75, 3.05) is 0 Å². The monoisotopic (exact) mass is 449 g/mol. The molecule has 2 heterocycles. The predicted octanol–water partition coefficient (Wildman–Crippen LogP) is 4.37. The highest BCUT2D eigenvalue weighted by Crippen LogP contribution is 2.46. The lowest BCUT2D eigenvalue weighted by Gasteiger charge is -2.31. The average Bonchev–Trinajstić information content (AvgIpc) is 2.84. The molecular formula is C27H15NO6. The van der Waals surface area contributed by atoms with Gasteiger partial charge in [-0.1, -0.05) is 31.2 Å². The zero-order chi connectivity index (χ0) is 23.5. The molecule has 2 aliphatic rings. The van der Waals surface area contributed by atoms with Gasteiger partial charge < -0.3 is 9.84 Å². The second kappa shape index (κ2) is 6.15. The summed E-state index contributed by atoms with van der Waals surface area (Å²) in [5.41, 5.74) is 1.38. The molecule has 0 fully saturated rings. The first-order chi connectivity index (χ1) is 16.4. The van der Waals surface area contributed by atoms with Crippen molar-refractivity contribution in [2.24, 2.45) is 0 Å². The van der Waals surface area contributed by atoms with Crippen molar-refractivity contribution >= 4 is 66.8 Å². The van der Waals surface area contributed by atoms with Crippen LogP contribution in [-0.4, -0.2) is 40.0 Å². The Labute approximate surface area is 191 Å². The lowest BCUT2D eigenvalue weighted by Crippen LogP contribution is -2.46. The molecule has 0 saturated carbocycles. The fraction of sp³-hybridized carbons (Fsp3) is 0.111. The van der Waals surface area contributed by atoms with Crippen LogP contribution in [0.15, 0.2) is 48.5 Å². The summed E-state index contributed by atoms with van der Waals surface area (Å²) in [5.74, 6) is -2.41. The number of carbonyl (C=O) groups is 4. The first-order valence-electron chi connectivity index (χ1n) is 10.9. The molecule has 0 radical (unpaired) electrons. The summed E-state index contributed by atoms with van der Waals surface area (Å²) >= 11 is 0. The number of fused-ring (bicyclic) bond motifs is 2. The maximum absolute atomic E-state index is 13.2. The zero-order valence-corrected chi connectivity index (χ0v) is 17.8. The Morgan fingerprint density at radius 1 is 0.647 bits per heavy atom. The normalized spacial score (nSPS) is 16.4. The highest BCUT2D eigenvalue weighted by atomic mass is 16.6. The van der Waals surface area contributed by atoms with Crippen molar-refractivity contribution in [2.45, 2.75) is 19.6 Å². The van der Waals surface area contributed by atoms with E-state index >= 15 is 0 Å². The van der Waals surface area contributed by atoms with Crippen LogP contribution in [0.4, 0.5) is 0 Å². The highest BCUT2D eigenvalue weighted by molar-refractivity contribution is 6.40. The number of rotatable bonds is 2. The minimum absolute atomic E-state index is 0.229. The minimum atomic E-state index is -1.20. The van der Waals surface area contributed by atoms with Gasteiger partial charge in [0.05, 0.1) is 11.1 Å². The van der Waals surface area contributed by atoms with Crippen molar-refractivity contribution in [1.82, 2.24) is 4.90 Å². The van der Waals surface area contributed by atoms with E-state index in [-0.39, 0.29) is 6.42 Å². The van der Waals surface area contributed by atoms with Crippen molar-refractivity contribution < 1.29 is 29.0 Å². The van der Waals surface area contributed by atoms with Crippen LogP contribution in [-0.2, 0) is 4.74 Å². The van der Waals surface area contributed by atoms with E-state index in [2.05, 4.69) is 0 Å². The van der Waals surface area contributed by atoms with Crippen LogP contribution in [0, 0.1) is 0 Å². The minimum Gasteiger partial charge on any atom is -0.386 e. The number of cyclic esters (lactones) is 2. The number of hydrogen-bond donors (Lipinski definition) is 1. The Morgan fingerprint density at radius 2 is 1.03 bits per heavy atom. The fourth-order valence-electron chi connectivity index (χ4n) is 5.58. The van der Waals surface area contributed by atoms with E-state index < -0.39 is 30.0 Å². The zero-order valence-electron chi connectivity index (χ0n) is 17.8. The van der Waals surface area contributed by atoms with Gasteiger partial charge in [0.15, 0.2) is 0 Å². The Kier molecular flexibility index (Phi) is 3.46. The maximum atomic E-state index is 13.2. The third-order valence-electron chi connectivity index (χ3n) is 7.09. The number of ether oxygens (including phenoxy) is 1. The van der Waals surface area contributed by atoms with E-state index in [0.29, 0.717) is 33.0 Å². The van der Waals surface area contributed by atoms with E-state index in [0.717, 1.165) is 37.2 Å². The third kappa shape index (κ3) is 2.06. The molecule has 7 heteroatoms. The molecule has 5 aromatic rings. The summed E-state index contributed by atoms with van der Waals surface area (Å²) in [4.78, 5) is 52.2. The van der Waals surface area contributed by atoms with Gasteiger partial charge in [0, 0.05) is 21.9 Å². The van der Waals surface area contributed by atoms with Crippen molar-refractivity contribution in [3.05, 3.63) is 70.8 Å². The van der Waals surface area contributed by atoms with Gasteiger partial charge in [-0.2, -0.15) is 0 Å². The highest BCUT2D eigenvalue weighted by Gasteiger charge is 2.37. The van der Waals surface area contributed by atoms with E-state index in [1.807, 2.05) is 24.3 Å². The summed E-state index contributed by atoms with van der Waals surface area (Å²) < 4.78 is 4.90. The third-order valence-corrected chi connectivity index (χ3v) is 7.09. The number of nitrogens with zero attached hydrogens (tertiary/aromatic N) is 1. The molecule has 164 valence electrons. The molecule has 7 nitrogen and oxygen atoms in total. The Hall–Kier alpha value is -4.36. The van der Waals surface area contributed by atoms with Gasteiger partial charge in [-0.05, 0) is 63.0 Å². The molecule has 0 bridgehead atoms. The second-order valence-corrected chi connectivity index (χ2v) is 8.69. The first-order valence-corrected chi connectivity index (χ1v) is 10.9. The smallest absolute Gasteiger partial charge is 0.346 e. The average molecular weight is 449 g/mol. The molecule has 0 saturated heterocycles. The molecule has 2 aliphatic heterocycles. The van der Waals surface area contributed by atoms with E-state index in [1.54, 1.807) is 31.2 Å². The number of amides is 2. The van der Waals surface area contributed by atoms with Gasteiger partial charge >= 0.3 is 11.9 Å². The summed E-state index contributed by atoms with van der Waals surface area (Å²) in [5, 5.41) is 16.2. The molecule has 1 atom stereocenters.